The van der Waals surface area contributed by atoms with E-state index in [1.807, 2.05) is 30.5 Å². The van der Waals surface area contributed by atoms with Crippen LogP contribution in [0.5, 0.6) is 0 Å². The van der Waals surface area contributed by atoms with Crippen LogP contribution in [0.1, 0.15) is 11.3 Å². The Bertz CT molecular complexity index is 1380. The van der Waals surface area contributed by atoms with Crippen molar-refractivity contribution in [3.8, 4) is 11.1 Å². The molecule has 8 heteroatoms. The van der Waals surface area contributed by atoms with Crippen LogP contribution in [-0.4, -0.2) is 24.6 Å². The molecular formula is C22H18BrN7. The maximum absolute atomic E-state index is 6.34. The lowest BCUT2D eigenvalue weighted by Gasteiger charge is -2.11. The topological polar surface area (TPSA) is 94.0 Å². The summed E-state index contributed by atoms with van der Waals surface area (Å²) in [5, 5.41) is 8.80. The molecule has 0 spiro atoms. The molecule has 4 heterocycles. The number of rotatable bonds is 4. The van der Waals surface area contributed by atoms with Gasteiger partial charge >= 0.3 is 0 Å². The number of hydrogen-bond acceptors (Lipinski definition) is 6. The molecule has 0 saturated carbocycles. The Kier molecular flexibility index (Phi) is 4.55. The van der Waals surface area contributed by atoms with Crippen LogP contribution in [0, 0.1) is 6.92 Å². The highest BCUT2D eigenvalue weighted by Crippen LogP contribution is 2.31. The summed E-state index contributed by atoms with van der Waals surface area (Å²) in [6, 6.07) is 14.0. The number of anilines is 2. The molecule has 0 aliphatic carbocycles. The maximum atomic E-state index is 6.34. The Hall–Kier alpha value is -3.52. The van der Waals surface area contributed by atoms with Gasteiger partial charge < -0.3 is 11.1 Å². The molecule has 3 N–H and O–H groups in total. The molecule has 30 heavy (non-hydrogen) atoms. The van der Waals surface area contributed by atoms with Gasteiger partial charge in [0, 0.05) is 28.9 Å². The van der Waals surface area contributed by atoms with Gasteiger partial charge in [-0.05, 0) is 53.2 Å². The third-order valence-electron chi connectivity index (χ3n) is 4.94. The molecular weight excluding hydrogens is 442 g/mol. The number of pyridine rings is 2. The standard InChI is InChI=1S/C22H18BrN7/c1-13-5-6-17-14(8-13)9-15(10-26-17)16-11-28-30-21(24)20(23)18(29-22(16)30)12-27-19-4-2-3-7-25-19/h2-11H,12,24H2,1H3,(H,25,27). The van der Waals surface area contributed by atoms with Gasteiger partial charge in [0.05, 0.1) is 28.4 Å². The Morgan fingerprint density at radius 1 is 1.10 bits per heavy atom. The molecule has 0 aliphatic heterocycles. The third-order valence-corrected chi connectivity index (χ3v) is 5.80. The lowest BCUT2D eigenvalue weighted by molar-refractivity contribution is 0.915. The summed E-state index contributed by atoms with van der Waals surface area (Å²) in [7, 11) is 0. The highest BCUT2D eigenvalue weighted by molar-refractivity contribution is 9.10. The summed E-state index contributed by atoms with van der Waals surface area (Å²) in [4.78, 5) is 13.7. The van der Waals surface area contributed by atoms with Gasteiger partial charge in [-0.2, -0.15) is 9.61 Å². The number of nitrogens with two attached hydrogens (primary N) is 1. The van der Waals surface area contributed by atoms with E-state index in [9.17, 15) is 0 Å². The summed E-state index contributed by atoms with van der Waals surface area (Å²) in [5.41, 5.74) is 11.8. The minimum atomic E-state index is 0.470. The van der Waals surface area contributed by atoms with Crippen LogP contribution in [0.4, 0.5) is 11.6 Å². The molecule has 5 rings (SSSR count). The van der Waals surface area contributed by atoms with Crippen molar-refractivity contribution in [2.75, 3.05) is 11.1 Å². The Balaban J connectivity index is 1.59. The molecule has 0 fully saturated rings. The molecule has 148 valence electrons. The number of aromatic nitrogens is 5. The van der Waals surface area contributed by atoms with Crippen molar-refractivity contribution >= 4 is 44.1 Å². The van der Waals surface area contributed by atoms with Gasteiger partial charge in [0.25, 0.3) is 0 Å². The van der Waals surface area contributed by atoms with Gasteiger partial charge in [-0.3, -0.25) is 4.98 Å². The van der Waals surface area contributed by atoms with Crippen LogP contribution in [0.15, 0.2) is 65.5 Å². The smallest absolute Gasteiger partial charge is 0.165 e. The zero-order valence-corrected chi connectivity index (χ0v) is 17.8. The number of hydrogen-bond donors (Lipinski definition) is 2. The molecule has 4 aromatic heterocycles. The van der Waals surface area contributed by atoms with E-state index in [1.54, 1.807) is 16.9 Å². The second-order valence-corrected chi connectivity index (χ2v) is 7.83. The number of benzene rings is 1. The fraction of sp³-hybridized carbons (Fsp3) is 0.0909. The summed E-state index contributed by atoms with van der Waals surface area (Å²) < 4.78 is 2.35. The molecule has 0 radical (unpaired) electrons. The number of halogens is 1. The van der Waals surface area contributed by atoms with E-state index in [-0.39, 0.29) is 0 Å². The summed E-state index contributed by atoms with van der Waals surface area (Å²) in [6.07, 6.45) is 5.37. The van der Waals surface area contributed by atoms with E-state index < -0.39 is 0 Å². The summed E-state index contributed by atoms with van der Waals surface area (Å²) in [6.45, 7) is 2.54. The van der Waals surface area contributed by atoms with Crippen molar-refractivity contribution in [2.45, 2.75) is 13.5 Å². The minimum absolute atomic E-state index is 0.470. The van der Waals surface area contributed by atoms with Crippen molar-refractivity contribution in [2.24, 2.45) is 0 Å². The van der Waals surface area contributed by atoms with Crippen molar-refractivity contribution in [1.29, 1.82) is 0 Å². The van der Waals surface area contributed by atoms with Gasteiger partial charge in [0.15, 0.2) is 5.65 Å². The van der Waals surface area contributed by atoms with Crippen molar-refractivity contribution in [1.82, 2.24) is 24.6 Å². The predicted molar refractivity (Wildman–Crippen MR) is 122 cm³/mol. The minimum Gasteiger partial charge on any atom is -0.383 e. The normalized spacial score (nSPS) is 11.3. The second kappa shape index (κ2) is 7.38. The number of aryl methyl sites for hydroxylation is 1. The molecule has 0 atom stereocenters. The van der Waals surface area contributed by atoms with Gasteiger partial charge in [-0.25, -0.2) is 9.97 Å². The first kappa shape index (κ1) is 18.5. The third kappa shape index (κ3) is 3.25. The molecule has 0 saturated heterocycles. The summed E-state index contributed by atoms with van der Waals surface area (Å²) >= 11 is 3.56. The van der Waals surface area contributed by atoms with Crippen molar-refractivity contribution in [3.05, 3.63) is 76.8 Å². The molecule has 0 amide bonds. The fourth-order valence-corrected chi connectivity index (χ4v) is 3.80. The Labute approximate surface area is 181 Å². The molecule has 0 aliphatic rings. The van der Waals surface area contributed by atoms with Crippen LogP contribution in [0.2, 0.25) is 0 Å². The zero-order chi connectivity index (χ0) is 20.7. The first-order valence-electron chi connectivity index (χ1n) is 9.43. The first-order valence-corrected chi connectivity index (χ1v) is 10.2. The van der Waals surface area contributed by atoms with E-state index in [4.69, 9.17) is 10.7 Å². The van der Waals surface area contributed by atoms with Crippen LogP contribution >= 0.6 is 15.9 Å². The molecule has 7 nitrogen and oxygen atoms in total. The predicted octanol–water partition coefficient (Wildman–Crippen LogP) is 4.60. The second-order valence-electron chi connectivity index (χ2n) is 7.04. The largest absolute Gasteiger partial charge is 0.383 e. The molecule has 1 aromatic carbocycles. The van der Waals surface area contributed by atoms with Gasteiger partial charge in [0.1, 0.15) is 11.6 Å². The van der Waals surface area contributed by atoms with Crippen molar-refractivity contribution < 1.29 is 0 Å². The highest BCUT2D eigenvalue weighted by Gasteiger charge is 2.16. The number of nitrogens with zero attached hydrogens (tertiary/aromatic N) is 5. The number of fused-ring (bicyclic) bond motifs is 2. The van der Waals surface area contributed by atoms with Gasteiger partial charge in [-0.15, -0.1) is 0 Å². The average Bonchev–Trinajstić information content (AvgIpc) is 3.19. The highest BCUT2D eigenvalue weighted by atomic mass is 79.9. The van der Waals surface area contributed by atoms with E-state index in [1.165, 1.54) is 5.56 Å². The Morgan fingerprint density at radius 2 is 2.00 bits per heavy atom. The number of nitrogens with one attached hydrogen (secondary N) is 1. The van der Waals surface area contributed by atoms with E-state index in [0.29, 0.717) is 22.5 Å². The quantitative estimate of drug-likeness (QED) is 0.407. The summed E-state index contributed by atoms with van der Waals surface area (Å²) in [5.74, 6) is 1.26. The number of nitrogen functional groups attached to an aromatic ring is 1. The van der Waals surface area contributed by atoms with Crippen LogP contribution in [0.25, 0.3) is 27.7 Å². The van der Waals surface area contributed by atoms with Crippen LogP contribution in [-0.2, 0) is 6.54 Å². The van der Waals surface area contributed by atoms with E-state index >= 15 is 0 Å². The lowest BCUT2D eigenvalue weighted by atomic mass is 10.1. The molecule has 0 unspecified atom stereocenters. The van der Waals surface area contributed by atoms with E-state index in [2.05, 4.69) is 61.4 Å². The van der Waals surface area contributed by atoms with Gasteiger partial charge in [0.2, 0.25) is 0 Å². The average molecular weight is 460 g/mol. The zero-order valence-electron chi connectivity index (χ0n) is 16.2. The maximum Gasteiger partial charge on any atom is 0.165 e. The SMILES string of the molecule is Cc1ccc2ncc(-c3cnn4c(N)c(Br)c(CNc5ccccn5)nc34)cc2c1. The van der Waals surface area contributed by atoms with Crippen LogP contribution < -0.4 is 11.1 Å². The molecule has 5 aromatic rings. The monoisotopic (exact) mass is 459 g/mol. The first-order chi connectivity index (χ1) is 14.6. The van der Waals surface area contributed by atoms with Crippen molar-refractivity contribution in [3.63, 3.8) is 0 Å². The molecule has 0 bridgehead atoms. The fourth-order valence-electron chi connectivity index (χ4n) is 3.40. The van der Waals surface area contributed by atoms with E-state index in [0.717, 1.165) is 33.5 Å². The lowest BCUT2D eigenvalue weighted by Crippen LogP contribution is -2.09. The Morgan fingerprint density at radius 3 is 2.83 bits per heavy atom. The van der Waals surface area contributed by atoms with Gasteiger partial charge in [-0.1, -0.05) is 17.7 Å². The van der Waals surface area contributed by atoms with Crippen LogP contribution in [0.3, 0.4) is 0 Å².